The third kappa shape index (κ3) is 0.382. The second-order valence-electron chi connectivity index (χ2n) is 5.97. The highest BCUT2D eigenvalue weighted by molar-refractivity contribution is 6.05. The molecule has 72 valence electrons. The van der Waals surface area contributed by atoms with Crippen LogP contribution in [0.5, 0.6) is 0 Å². The molecule has 0 spiro atoms. The number of hydrogen-bond donors (Lipinski definition) is 0. The van der Waals surface area contributed by atoms with Crippen LogP contribution >= 0.6 is 0 Å². The summed E-state index contributed by atoms with van der Waals surface area (Å²) in [6, 6.07) is 0. The van der Waals surface area contributed by atoms with Crippen LogP contribution in [0.15, 0.2) is 0 Å². The minimum atomic E-state index is 0.200. The second kappa shape index (κ2) is 1.62. The molecule has 2 nitrogen and oxygen atoms in total. The minimum absolute atomic E-state index is 0.200. The zero-order valence-corrected chi connectivity index (χ0v) is 7.85. The minimum Gasteiger partial charge on any atom is -0.299 e. The molecule has 8 unspecified atom stereocenters. The summed E-state index contributed by atoms with van der Waals surface area (Å²) < 4.78 is 0. The number of carbonyl (C=O) groups excluding carboxylic acids is 2. The summed E-state index contributed by atoms with van der Waals surface area (Å²) in [4.78, 5) is 24.1. The first-order chi connectivity index (χ1) is 6.80. The fraction of sp³-hybridized carbons (Fsp3) is 0.833. The van der Waals surface area contributed by atoms with E-state index >= 15 is 0 Å². The Morgan fingerprint density at radius 1 is 0.714 bits per heavy atom. The first-order valence-electron chi connectivity index (χ1n) is 5.88. The Kier molecular flexibility index (Phi) is 0.780. The van der Waals surface area contributed by atoms with Crippen molar-refractivity contribution in [1.82, 2.24) is 0 Å². The number of hydrogen-bond acceptors (Lipinski definition) is 2. The van der Waals surface area contributed by atoms with Crippen LogP contribution in [0.3, 0.4) is 0 Å². The van der Waals surface area contributed by atoms with Gasteiger partial charge in [0.2, 0.25) is 0 Å². The van der Waals surface area contributed by atoms with Gasteiger partial charge in [-0.15, -0.1) is 0 Å². The summed E-state index contributed by atoms with van der Waals surface area (Å²) in [5, 5.41) is 0. The van der Waals surface area contributed by atoms with Gasteiger partial charge in [-0.3, -0.25) is 9.59 Å². The molecule has 0 bridgehead atoms. The van der Waals surface area contributed by atoms with Crippen LogP contribution in [0.1, 0.15) is 12.8 Å². The molecule has 2 heteroatoms. The summed E-state index contributed by atoms with van der Waals surface area (Å²) in [6.45, 7) is 0. The van der Waals surface area contributed by atoms with Crippen LogP contribution in [0, 0.1) is 47.3 Å². The summed E-state index contributed by atoms with van der Waals surface area (Å²) >= 11 is 0. The molecule has 4 rings (SSSR count). The average Bonchev–Trinajstić information content (AvgIpc) is 2.40. The Hall–Kier alpha value is -0.660. The first-order valence-corrected chi connectivity index (χ1v) is 5.88. The lowest BCUT2D eigenvalue weighted by Crippen LogP contribution is -2.51. The molecule has 0 aliphatic heterocycles. The number of fused-ring (bicyclic) bond motifs is 9. The molecule has 0 radical (unpaired) electrons. The molecule has 8 atom stereocenters. The lowest BCUT2D eigenvalue weighted by Gasteiger charge is -2.52. The Balaban J connectivity index is 1.86. The maximum Gasteiger partial charge on any atom is 0.141 e. The van der Waals surface area contributed by atoms with Crippen molar-refractivity contribution >= 4 is 11.6 Å². The van der Waals surface area contributed by atoms with Gasteiger partial charge in [0.25, 0.3) is 0 Å². The van der Waals surface area contributed by atoms with Gasteiger partial charge in [-0.2, -0.15) is 0 Å². The van der Waals surface area contributed by atoms with E-state index in [1.54, 1.807) is 0 Å². The van der Waals surface area contributed by atoms with Crippen molar-refractivity contribution in [3.8, 4) is 0 Å². The molecule has 4 aliphatic carbocycles. The maximum atomic E-state index is 12.0. The summed E-state index contributed by atoms with van der Waals surface area (Å²) in [5.74, 6) is 4.41. The van der Waals surface area contributed by atoms with E-state index in [2.05, 4.69) is 0 Å². The molecule has 4 saturated carbocycles. The van der Waals surface area contributed by atoms with Gasteiger partial charge in [0.1, 0.15) is 11.6 Å². The second-order valence-corrected chi connectivity index (χ2v) is 5.97. The molecule has 0 amide bonds. The van der Waals surface area contributed by atoms with Crippen LogP contribution in [0.25, 0.3) is 0 Å². The molecule has 14 heavy (non-hydrogen) atoms. The van der Waals surface area contributed by atoms with Gasteiger partial charge in [-0.25, -0.2) is 0 Å². The SMILES string of the molecule is O=C1C2C3CCC4C2C(=O)C2C1C3C42. The van der Waals surface area contributed by atoms with E-state index < -0.39 is 0 Å². The van der Waals surface area contributed by atoms with Crippen LogP contribution in [0.4, 0.5) is 0 Å². The molecule has 0 heterocycles. The molecule has 4 fully saturated rings. The van der Waals surface area contributed by atoms with Crippen LogP contribution in [-0.2, 0) is 9.59 Å². The fourth-order valence-corrected chi connectivity index (χ4v) is 6.01. The van der Waals surface area contributed by atoms with Crippen molar-refractivity contribution in [3.05, 3.63) is 0 Å². The number of rotatable bonds is 0. The number of Topliss-reactive ketones (excluding diaryl/α,β-unsaturated/α-hetero) is 2. The third-order valence-electron chi connectivity index (χ3n) is 6.11. The zero-order chi connectivity index (χ0) is 9.19. The van der Waals surface area contributed by atoms with Crippen LogP contribution in [-0.4, -0.2) is 11.6 Å². The summed E-state index contributed by atoms with van der Waals surface area (Å²) in [6.07, 6.45) is 2.49. The molecule has 4 aliphatic rings. The van der Waals surface area contributed by atoms with Gasteiger partial charge in [0.05, 0.1) is 0 Å². The predicted molar refractivity (Wildman–Crippen MR) is 47.2 cm³/mol. The Morgan fingerprint density at radius 2 is 1.14 bits per heavy atom. The summed E-state index contributed by atoms with van der Waals surface area (Å²) in [7, 11) is 0. The van der Waals surface area contributed by atoms with Gasteiger partial charge in [-0.1, -0.05) is 0 Å². The normalized spacial score (nSPS) is 70.6. The van der Waals surface area contributed by atoms with Crippen LogP contribution < -0.4 is 0 Å². The molecular formula is C12H12O2. The smallest absolute Gasteiger partial charge is 0.141 e. The quantitative estimate of drug-likeness (QED) is 0.529. The number of carbonyl (C=O) groups is 2. The average molecular weight is 188 g/mol. The third-order valence-corrected chi connectivity index (χ3v) is 6.11. The van der Waals surface area contributed by atoms with Crippen molar-refractivity contribution in [3.63, 3.8) is 0 Å². The monoisotopic (exact) mass is 188 g/mol. The van der Waals surface area contributed by atoms with E-state index in [-0.39, 0.29) is 23.7 Å². The van der Waals surface area contributed by atoms with E-state index in [9.17, 15) is 9.59 Å². The van der Waals surface area contributed by atoms with E-state index in [4.69, 9.17) is 0 Å². The van der Waals surface area contributed by atoms with Crippen molar-refractivity contribution in [2.45, 2.75) is 12.8 Å². The maximum absolute atomic E-state index is 12.0. The molecule has 0 aromatic carbocycles. The van der Waals surface area contributed by atoms with Gasteiger partial charge in [0, 0.05) is 23.7 Å². The highest BCUT2D eigenvalue weighted by Crippen LogP contribution is 2.77. The highest BCUT2D eigenvalue weighted by Gasteiger charge is 2.81. The Bertz CT molecular complexity index is 357. The van der Waals surface area contributed by atoms with Crippen molar-refractivity contribution in [2.75, 3.05) is 0 Å². The van der Waals surface area contributed by atoms with E-state index in [1.807, 2.05) is 0 Å². The van der Waals surface area contributed by atoms with E-state index in [0.717, 1.165) is 0 Å². The largest absolute Gasteiger partial charge is 0.299 e. The van der Waals surface area contributed by atoms with Crippen molar-refractivity contribution in [1.29, 1.82) is 0 Å². The standard InChI is InChI=1S/C12H12O2/c13-11-7-3-1-2-4-6-5(3)9(11)10(6)12(14)8(4)7/h3-10H,1-2H2. The molecule has 0 aromatic heterocycles. The van der Waals surface area contributed by atoms with Gasteiger partial charge >= 0.3 is 0 Å². The lowest BCUT2D eigenvalue weighted by molar-refractivity contribution is -0.145. The molecule has 0 saturated heterocycles. The number of ketones is 2. The Labute approximate surface area is 82.0 Å². The first kappa shape index (κ1) is 6.76. The van der Waals surface area contributed by atoms with Crippen molar-refractivity contribution in [2.24, 2.45) is 47.3 Å². The zero-order valence-electron chi connectivity index (χ0n) is 7.85. The predicted octanol–water partition coefficient (Wildman–Crippen LogP) is 0.902. The van der Waals surface area contributed by atoms with E-state index in [0.29, 0.717) is 35.2 Å². The van der Waals surface area contributed by atoms with Crippen LogP contribution in [0.2, 0.25) is 0 Å². The summed E-state index contributed by atoms with van der Waals surface area (Å²) in [5.41, 5.74) is 0. The Morgan fingerprint density at radius 3 is 1.57 bits per heavy atom. The topological polar surface area (TPSA) is 34.1 Å². The van der Waals surface area contributed by atoms with E-state index in [1.165, 1.54) is 12.8 Å². The van der Waals surface area contributed by atoms with Gasteiger partial charge in [0.15, 0.2) is 0 Å². The lowest BCUT2D eigenvalue weighted by atomic mass is 9.50. The highest BCUT2D eigenvalue weighted by atomic mass is 16.1. The molecule has 0 N–H and O–H groups in total. The van der Waals surface area contributed by atoms with Crippen molar-refractivity contribution < 1.29 is 9.59 Å². The molecule has 0 aromatic rings. The van der Waals surface area contributed by atoms with Gasteiger partial charge < -0.3 is 0 Å². The fourth-order valence-electron chi connectivity index (χ4n) is 6.01. The molecular weight excluding hydrogens is 176 g/mol. The van der Waals surface area contributed by atoms with Gasteiger partial charge in [-0.05, 0) is 36.5 Å².